The van der Waals surface area contributed by atoms with Crippen LogP contribution in [0.1, 0.15) is 23.7 Å². The molecule has 0 bridgehead atoms. The molecule has 0 radical (unpaired) electrons. The van der Waals surface area contributed by atoms with Crippen molar-refractivity contribution in [1.82, 2.24) is 20.2 Å². The molecule has 0 aliphatic carbocycles. The molecule has 7 nitrogen and oxygen atoms in total. The topological polar surface area (TPSA) is 81.9 Å². The quantitative estimate of drug-likeness (QED) is 0.598. The number of carbonyl (C=O) groups excluding carboxylic acids is 1. The van der Waals surface area contributed by atoms with Gasteiger partial charge in [-0.05, 0) is 53.1 Å². The Bertz CT molecular complexity index is 945. The monoisotopic (exact) mass is 413 g/mol. The molecule has 9 heteroatoms. The minimum atomic E-state index is -0.574. The number of hydrogen-bond donors (Lipinski definition) is 1. The van der Waals surface area contributed by atoms with Gasteiger partial charge in [-0.1, -0.05) is 42.1 Å². The molecular formula is C20H20FN5O2S. The lowest BCUT2D eigenvalue weighted by Crippen LogP contribution is -2.21. The van der Waals surface area contributed by atoms with Crippen molar-refractivity contribution in [2.24, 2.45) is 0 Å². The van der Waals surface area contributed by atoms with E-state index in [9.17, 15) is 9.18 Å². The summed E-state index contributed by atoms with van der Waals surface area (Å²) < 4.78 is 20.5. The molecule has 1 aromatic heterocycles. The van der Waals surface area contributed by atoms with E-state index in [4.69, 9.17) is 4.74 Å². The van der Waals surface area contributed by atoms with Crippen LogP contribution in [0.2, 0.25) is 0 Å². The van der Waals surface area contributed by atoms with Gasteiger partial charge in [-0.3, -0.25) is 4.79 Å². The van der Waals surface area contributed by atoms with E-state index in [1.807, 2.05) is 30.3 Å². The zero-order valence-corrected chi connectivity index (χ0v) is 16.4. The van der Waals surface area contributed by atoms with Gasteiger partial charge in [0.1, 0.15) is 11.1 Å². The van der Waals surface area contributed by atoms with E-state index in [1.165, 1.54) is 36.0 Å². The van der Waals surface area contributed by atoms with Crippen LogP contribution in [0, 0.1) is 5.82 Å². The predicted molar refractivity (Wildman–Crippen MR) is 107 cm³/mol. The second kappa shape index (κ2) is 9.15. The van der Waals surface area contributed by atoms with Gasteiger partial charge in [0.15, 0.2) is 0 Å². The lowest BCUT2D eigenvalue weighted by atomic mass is 10.1. The lowest BCUT2D eigenvalue weighted by molar-refractivity contribution is -0.115. The number of amides is 1. The Morgan fingerprint density at radius 3 is 2.76 bits per heavy atom. The summed E-state index contributed by atoms with van der Waals surface area (Å²) in [6.07, 6.45) is 2.08. The van der Waals surface area contributed by atoms with Crippen molar-refractivity contribution in [3.63, 3.8) is 0 Å². The smallest absolute Gasteiger partial charge is 0.242 e. The van der Waals surface area contributed by atoms with Gasteiger partial charge in [-0.2, -0.15) is 0 Å². The first-order valence-electron chi connectivity index (χ1n) is 9.35. The van der Waals surface area contributed by atoms with Crippen molar-refractivity contribution >= 4 is 23.4 Å². The lowest BCUT2D eigenvalue weighted by Gasteiger charge is -2.17. The molecule has 3 aromatic rings. The summed E-state index contributed by atoms with van der Waals surface area (Å²) in [5, 5.41) is 14.8. The molecule has 29 heavy (non-hydrogen) atoms. The van der Waals surface area contributed by atoms with E-state index in [0.717, 1.165) is 25.0 Å². The number of nitrogens with one attached hydrogen (secondary N) is 1. The Hall–Kier alpha value is -2.78. The van der Waals surface area contributed by atoms with Gasteiger partial charge in [0.2, 0.25) is 11.1 Å². The molecular weight excluding hydrogens is 393 g/mol. The Balaban J connectivity index is 1.54. The first-order valence-corrected chi connectivity index (χ1v) is 10.2. The van der Waals surface area contributed by atoms with E-state index >= 15 is 0 Å². The highest BCUT2D eigenvalue weighted by Crippen LogP contribution is 2.35. The number of tetrazole rings is 1. The fourth-order valence-corrected chi connectivity index (χ4v) is 4.11. The fraction of sp³-hybridized carbons (Fsp3) is 0.300. The van der Waals surface area contributed by atoms with E-state index in [0.29, 0.717) is 17.4 Å². The first kappa shape index (κ1) is 19.5. The molecule has 0 spiro atoms. The van der Waals surface area contributed by atoms with E-state index in [1.54, 1.807) is 4.68 Å². The van der Waals surface area contributed by atoms with Crippen LogP contribution in [0.4, 0.5) is 10.1 Å². The van der Waals surface area contributed by atoms with Crippen molar-refractivity contribution in [2.45, 2.75) is 35.9 Å². The van der Waals surface area contributed by atoms with Crippen molar-refractivity contribution in [3.8, 4) is 0 Å². The van der Waals surface area contributed by atoms with Crippen LogP contribution in [-0.4, -0.2) is 38.8 Å². The van der Waals surface area contributed by atoms with Crippen LogP contribution in [0.15, 0.2) is 59.8 Å². The largest absolute Gasteiger partial charge is 0.376 e. The number of rotatable bonds is 7. The van der Waals surface area contributed by atoms with Gasteiger partial charge >= 0.3 is 0 Å². The van der Waals surface area contributed by atoms with Crippen molar-refractivity contribution in [3.05, 3.63) is 66.0 Å². The highest BCUT2D eigenvalue weighted by Gasteiger charge is 2.26. The normalized spacial score (nSPS) is 17.2. The summed E-state index contributed by atoms with van der Waals surface area (Å²) in [6, 6.07) is 15.1. The predicted octanol–water partition coefficient (Wildman–Crippen LogP) is 3.46. The van der Waals surface area contributed by atoms with Gasteiger partial charge < -0.3 is 10.1 Å². The summed E-state index contributed by atoms with van der Waals surface area (Å²) in [4.78, 5) is 13.1. The molecule has 2 atom stereocenters. The molecule has 0 saturated carbocycles. The number of nitrogens with zero attached hydrogens (tertiary/aromatic N) is 4. The molecule has 1 aliphatic heterocycles. The van der Waals surface area contributed by atoms with Gasteiger partial charge in [-0.25, -0.2) is 9.07 Å². The van der Waals surface area contributed by atoms with Gasteiger partial charge in [-0.15, -0.1) is 5.10 Å². The van der Waals surface area contributed by atoms with Crippen LogP contribution in [-0.2, 0) is 16.1 Å². The Kier molecular flexibility index (Phi) is 6.16. The first-order chi connectivity index (χ1) is 14.2. The summed E-state index contributed by atoms with van der Waals surface area (Å²) in [6.45, 7) is 1.30. The molecule has 150 valence electrons. The van der Waals surface area contributed by atoms with Crippen LogP contribution in [0.25, 0.3) is 0 Å². The van der Waals surface area contributed by atoms with Crippen LogP contribution in [0.3, 0.4) is 0 Å². The third-order valence-corrected chi connectivity index (χ3v) is 5.80. The fourth-order valence-electron chi connectivity index (χ4n) is 3.12. The van der Waals surface area contributed by atoms with Gasteiger partial charge in [0, 0.05) is 12.3 Å². The Morgan fingerprint density at radius 1 is 1.24 bits per heavy atom. The second-order valence-electron chi connectivity index (χ2n) is 6.68. The Morgan fingerprint density at radius 2 is 2.03 bits per heavy atom. The zero-order chi connectivity index (χ0) is 20.1. The zero-order valence-electron chi connectivity index (χ0n) is 15.6. The highest BCUT2D eigenvalue weighted by molar-refractivity contribution is 8.00. The van der Waals surface area contributed by atoms with Gasteiger partial charge in [0.25, 0.3) is 0 Å². The van der Waals surface area contributed by atoms with Crippen LogP contribution >= 0.6 is 11.8 Å². The molecule has 1 amide bonds. The summed E-state index contributed by atoms with van der Waals surface area (Å²) >= 11 is 1.27. The Labute approximate surface area is 171 Å². The maximum atomic E-state index is 13.2. The van der Waals surface area contributed by atoms with Crippen molar-refractivity contribution in [2.75, 3.05) is 11.9 Å². The highest BCUT2D eigenvalue weighted by atomic mass is 32.2. The maximum Gasteiger partial charge on any atom is 0.242 e. The number of carbonyl (C=O) groups is 1. The number of thioether (sulfide) groups is 1. The van der Waals surface area contributed by atoms with E-state index < -0.39 is 5.25 Å². The van der Waals surface area contributed by atoms with Gasteiger partial charge in [0.05, 0.1) is 12.6 Å². The SMILES string of the molecule is O=C(Nc1ccc(F)cc1)[C@H](Sc1nnnn1C[C@@H]1CCCO1)c1ccccc1. The molecule has 4 rings (SSSR count). The number of aromatic nitrogens is 4. The molecule has 1 N–H and O–H groups in total. The molecule has 0 unspecified atom stereocenters. The van der Waals surface area contributed by atoms with E-state index in [-0.39, 0.29) is 17.8 Å². The average molecular weight is 413 g/mol. The number of halogens is 1. The second-order valence-corrected chi connectivity index (χ2v) is 7.76. The molecule has 1 fully saturated rings. The standard InChI is InChI=1S/C20H20FN5O2S/c21-15-8-10-16(11-9-15)22-19(27)18(14-5-2-1-3-6-14)29-20-23-24-25-26(20)13-17-7-4-12-28-17/h1-3,5-6,8-11,17-18H,4,7,12-13H2,(H,22,27)/t17-,18+/m0/s1. The average Bonchev–Trinajstić information content (AvgIpc) is 3.41. The van der Waals surface area contributed by atoms with Crippen LogP contribution in [0.5, 0.6) is 0 Å². The van der Waals surface area contributed by atoms with Crippen molar-refractivity contribution in [1.29, 1.82) is 0 Å². The number of hydrogen-bond acceptors (Lipinski definition) is 6. The minimum absolute atomic E-state index is 0.0843. The van der Waals surface area contributed by atoms with Crippen LogP contribution < -0.4 is 5.32 Å². The molecule has 2 heterocycles. The number of anilines is 1. The molecule has 2 aromatic carbocycles. The van der Waals surface area contributed by atoms with Crippen molar-refractivity contribution < 1.29 is 13.9 Å². The minimum Gasteiger partial charge on any atom is -0.376 e. The summed E-state index contributed by atoms with van der Waals surface area (Å²) in [5.41, 5.74) is 1.35. The number of ether oxygens (including phenoxy) is 1. The number of benzene rings is 2. The maximum absolute atomic E-state index is 13.2. The van der Waals surface area contributed by atoms with E-state index in [2.05, 4.69) is 20.8 Å². The third-order valence-electron chi connectivity index (χ3n) is 4.58. The third kappa shape index (κ3) is 4.99. The molecule has 1 saturated heterocycles. The summed E-state index contributed by atoms with van der Waals surface area (Å²) in [7, 11) is 0. The summed E-state index contributed by atoms with van der Waals surface area (Å²) in [5.74, 6) is -0.593. The molecule has 1 aliphatic rings.